The molecule has 0 aromatic rings. The van der Waals surface area contributed by atoms with Crippen molar-refractivity contribution in [3.63, 3.8) is 0 Å². The zero-order valence-corrected chi connectivity index (χ0v) is 17.4. The Kier molecular flexibility index (Phi) is 173. The minimum absolute atomic E-state index is 0. The van der Waals surface area contributed by atoms with Gasteiger partial charge in [0.2, 0.25) is 0 Å². The second-order valence-electron chi connectivity index (χ2n) is 3.65. The Morgan fingerprint density at radius 2 is 1.00 bits per heavy atom. The van der Waals surface area contributed by atoms with Crippen molar-refractivity contribution in [2.24, 2.45) is 0 Å². The first kappa shape index (κ1) is 56.4. The molecule has 7 nitrogen and oxygen atoms in total. The molecule has 0 rings (SSSR count). The number of rotatable bonds is 2. The predicted molar refractivity (Wildman–Crippen MR) is 75.8 cm³/mol. The van der Waals surface area contributed by atoms with Gasteiger partial charge in [0, 0.05) is 40.7 Å². The van der Waals surface area contributed by atoms with Crippen LogP contribution in [0.15, 0.2) is 0 Å². The predicted octanol–water partition coefficient (Wildman–Crippen LogP) is 2.06. The Labute approximate surface area is 171 Å². The summed E-state index contributed by atoms with van der Waals surface area (Å²) >= 11 is 0. The molecule has 0 spiro atoms. The van der Waals surface area contributed by atoms with Crippen LogP contribution in [0.2, 0.25) is 19.6 Å². The maximum atomic E-state index is 7.50. The molecule has 0 amide bonds. The van der Waals surface area contributed by atoms with Crippen LogP contribution >= 0.6 is 0 Å². The van der Waals surface area contributed by atoms with Crippen LogP contribution in [0.5, 0.6) is 0 Å². The molecule has 0 bridgehead atoms. The van der Waals surface area contributed by atoms with Crippen molar-refractivity contribution in [3.05, 3.63) is 39.9 Å². The summed E-state index contributed by atoms with van der Waals surface area (Å²) in [6.45, 7) is 35.8. The standard InChI is InChI=1S/C9H18OSi.6CO.2Co/c1-6-9(10-2)7-8-11(3,4)5;6*1-2;;/h9H,6H2,1-5H3;;;;;;;;. The Balaban J connectivity index is -0.0000000223. The fraction of sp³-hybridized carbons (Fsp3) is 0.467. The van der Waals surface area contributed by atoms with Gasteiger partial charge in [0.25, 0.3) is 0 Å². The van der Waals surface area contributed by atoms with Crippen molar-refractivity contribution in [3.8, 4) is 11.5 Å². The van der Waals surface area contributed by atoms with Crippen LogP contribution in [0.3, 0.4) is 0 Å². The summed E-state index contributed by atoms with van der Waals surface area (Å²) < 4.78 is 50.1. The first-order valence-electron chi connectivity index (χ1n) is 5.27. The van der Waals surface area contributed by atoms with Crippen molar-refractivity contribution in [1.29, 1.82) is 0 Å². The van der Waals surface area contributed by atoms with E-state index in [1.165, 1.54) is 0 Å². The Morgan fingerprint density at radius 3 is 1.12 bits per heavy atom. The average molecular weight is 456 g/mol. The Bertz CT molecular complexity index is 332. The molecule has 1 atom stereocenters. The molecule has 0 heterocycles. The van der Waals surface area contributed by atoms with Crippen LogP contribution < -0.4 is 0 Å². The molecule has 0 aromatic carbocycles. The van der Waals surface area contributed by atoms with Crippen LogP contribution in [0, 0.1) is 51.4 Å². The van der Waals surface area contributed by atoms with E-state index in [0.717, 1.165) is 6.42 Å². The van der Waals surface area contributed by atoms with Gasteiger partial charge in [-0.3, -0.25) is 0 Å². The molecule has 0 saturated heterocycles. The molecule has 142 valence electrons. The minimum atomic E-state index is -1.19. The van der Waals surface area contributed by atoms with Crippen LogP contribution in [-0.2, 0) is 66.2 Å². The third-order valence-electron chi connectivity index (χ3n) is 1.26. The summed E-state index contributed by atoms with van der Waals surface area (Å²) in [6, 6.07) is 0. The molecular formula is C15H18Co2O7Si. The van der Waals surface area contributed by atoms with E-state index in [1.807, 2.05) is 0 Å². The van der Waals surface area contributed by atoms with Gasteiger partial charge in [-0.1, -0.05) is 32.5 Å². The van der Waals surface area contributed by atoms with Crippen molar-refractivity contribution in [2.75, 3.05) is 7.11 Å². The maximum absolute atomic E-state index is 7.50. The summed E-state index contributed by atoms with van der Waals surface area (Å²) in [6.07, 6.45) is 1.12. The van der Waals surface area contributed by atoms with Gasteiger partial charge < -0.3 is 4.74 Å². The van der Waals surface area contributed by atoms with Crippen molar-refractivity contribution >= 4 is 8.07 Å². The van der Waals surface area contributed by atoms with E-state index in [2.05, 4.69) is 77.9 Å². The van der Waals surface area contributed by atoms with E-state index >= 15 is 0 Å². The van der Waals surface area contributed by atoms with Gasteiger partial charge in [0.15, 0.2) is 0 Å². The van der Waals surface area contributed by atoms with E-state index in [1.54, 1.807) is 7.11 Å². The number of hydrogen-bond donors (Lipinski definition) is 0. The van der Waals surface area contributed by atoms with Gasteiger partial charge in [-0.05, 0) is 6.42 Å². The summed E-state index contributed by atoms with van der Waals surface area (Å²) in [5, 5.41) is 0. The number of hydrogen-bond acceptors (Lipinski definition) is 1. The van der Waals surface area contributed by atoms with E-state index in [4.69, 9.17) is 32.6 Å². The van der Waals surface area contributed by atoms with Gasteiger partial charge >= 0.3 is 67.8 Å². The largest absolute Gasteiger partial charge is 0 e. The molecule has 0 aliphatic carbocycles. The molecule has 2 radical (unpaired) electrons. The summed E-state index contributed by atoms with van der Waals surface area (Å²) in [5.41, 5.74) is 3.29. The quantitative estimate of drug-likeness (QED) is 0.268. The van der Waals surface area contributed by atoms with Gasteiger partial charge in [-0.15, -0.1) is 5.54 Å². The van der Waals surface area contributed by atoms with Crippen molar-refractivity contribution in [1.82, 2.24) is 0 Å². The second-order valence-corrected chi connectivity index (χ2v) is 8.40. The summed E-state index contributed by atoms with van der Waals surface area (Å²) in [4.78, 5) is 0. The molecule has 0 fully saturated rings. The maximum Gasteiger partial charge on any atom is 0 e. The molecular weight excluding hydrogens is 438 g/mol. The van der Waals surface area contributed by atoms with Crippen LogP contribution in [0.25, 0.3) is 0 Å². The molecule has 0 saturated carbocycles. The first-order valence-corrected chi connectivity index (χ1v) is 8.77. The third-order valence-corrected chi connectivity index (χ3v) is 2.16. The molecule has 0 N–H and O–H groups in total. The molecule has 0 aliphatic heterocycles. The fourth-order valence-electron chi connectivity index (χ4n) is 0.625. The molecule has 0 aliphatic rings. The van der Waals surface area contributed by atoms with Crippen molar-refractivity contribution in [2.45, 2.75) is 39.1 Å². The first-order chi connectivity index (χ1) is 11.0. The van der Waals surface area contributed by atoms with Crippen molar-refractivity contribution < 1.29 is 66.2 Å². The van der Waals surface area contributed by atoms with Gasteiger partial charge in [0.05, 0.1) is 0 Å². The number of ether oxygens (including phenoxy) is 1. The minimum Gasteiger partial charge on any atom is 0 e. The topological polar surface area (TPSA) is 129 Å². The Morgan fingerprint density at radius 1 is 0.760 bits per heavy atom. The van der Waals surface area contributed by atoms with E-state index in [9.17, 15) is 0 Å². The Hall–Kier alpha value is -0.810. The molecule has 25 heavy (non-hydrogen) atoms. The molecule has 0 aromatic heterocycles. The normalized spacial score (nSPS) is 6.44. The number of methoxy groups -OCH3 is 1. The van der Waals surface area contributed by atoms with Crippen LogP contribution in [0.4, 0.5) is 0 Å². The van der Waals surface area contributed by atoms with Gasteiger partial charge in [-0.25, -0.2) is 0 Å². The van der Waals surface area contributed by atoms with E-state index in [-0.39, 0.29) is 39.7 Å². The molecule has 10 heteroatoms. The second kappa shape index (κ2) is 76.8. The summed E-state index contributed by atoms with van der Waals surface area (Å²) in [7, 11) is 0.522. The molecule has 1 unspecified atom stereocenters. The van der Waals surface area contributed by atoms with Gasteiger partial charge in [-0.2, -0.15) is 0 Å². The fourth-order valence-corrected chi connectivity index (χ4v) is 1.22. The monoisotopic (exact) mass is 456 g/mol. The zero-order valence-electron chi connectivity index (χ0n) is 14.3. The average Bonchev–Trinajstić information content (AvgIpc) is 2.65. The van der Waals surface area contributed by atoms with Crippen LogP contribution in [0.1, 0.15) is 13.3 Å². The summed E-state index contributed by atoms with van der Waals surface area (Å²) in [5.74, 6) is 3.15. The zero-order chi connectivity index (χ0) is 20.9. The van der Waals surface area contributed by atoms with Crippen LogP contribution in [-0.4, -0.2) is 21.3 Å². The SMILES string of the molecule is CCC(C#C[Si](C)(C)C)OC.[C-]#[O+].[C-]#[O+].[C-]#[O+].[C-]#[O+].[C-]#[O+].[C-]#[O+].[Co].[Co]. The smallest absolute Gasteiger partial charge is 0 e. The third kappa shape index (κ3) is 123. The van der Waals surface area contributed by atoms with Gasteiger partial charge in [0.1, 0.15) is 14.2 Å². The van der Waals surface area contributed by atoms with E-state index < -0.39 is 8.07 Å². The van der Waals surface area contributed by atoms with E-state index in [0.29, 0.717) is 0 Å².